The lowest BCUT2D eigenvalue weighted by molar-refractivity contribution is -0.145. The molecule has 0 bridgehead atoms. The van der Waals surface area contributed by atoms with Gasteiger partial charge in [0.25, 0.3) is 0 Å². The number of nitrogens with zero attached hydrogens (tertiary/aromatic N) is 4. The topological polar surface area (TPSA) is 82.7 Å². The Morgan fingerprint density at radius 1 is 1.02 bits per heavy atom. The fourth-order valence-corrected chi connectivity index (χ4v) is 7.97. The zero-order valence-corrected chi connectivity index (χ0v) is 24.0. The maximum atomic E-state index is 14.3. The van der Waals surface area contributed by atoms with Gasteiger partial charge in [-0.1, -0.05) is 49.9 Å². The first-order valence-corrected chi connectivity index (χ1v) is 15.7. The number of aryl methyl sites for hydroxylation is 1. The van der Waals surface area contributed by atoms with Crippen molar-refractivity contribution in [3.05, 3.63) is 59.4 Å². The minimum absolute atomic E-state index is 0.155. The summed E-state index contributed by atoms with van der Waals surface area (Å²) in [6.45, 7) is 4.57. The highest BCUT2D eigenvalue weighted by Crippen LogP contribution is 2.39. The molecule has 220 valence electrons. The zero-order valence-electron chi connectivity index (χ0n) is 24.0. The van der Waals surface area contributed by atoms with Gasteiger partial charge in [-0.15, -0.1) is 0 Å². The van der Waals surface area contributed by atoms with E-state index in [1.807, 2.05) is 18.2 Å². The van der Waals surface area contributed by atoms with Crippen LogP contribution in [-0.2, 0) is 11.2 Å². The lowest BCUT2D eigenvalue weighted by Gasteiger charge is -2.35. The van der Waals surface area contributed by atoms with Gasteiger partial charge in [0.05, 0.1) is 0 Å². The Morgan fingerprint density at radius 3 is 2.61 bits per heavy atom. The van der Waals surface area contributed by atoms with E-state index in [4.69, 9.17) is 4.63 Å². The molecule has 3 atom stereocenters. The zero-order chi connectivity index (χ0) is 28.2. The fourth-order valence-electron chi connectivity index (χ4n) is 7.97. The van der Waals surface area contributed by atoms with Gasteiger partial charge in [0.2, 0.25) is 0 Å². The molecule has 0 amide bonds. The molecule has 1 aromatic heterocycles. The van der Waals surface area contributed by atoms with E-state index in [-0.39, 0.29) is 17.7 Å². The Bertz CT molecular complexity index is 1300. The van der Waals surface area contributed by atoms with Gasteiger partial charge in [0, 0.05) is 25.6 Å². The average molecular weight is 563 g/mol. The second-order valence-corrected chi connectivity index (χ2v) is 12.7. The third kappa shape index (κ3) is 6.64. The maximum Gasteiger partial charge on any atom is 0.321 e. The first-order valence-electron chi connectivity index (χ1n) is 15.7. The van der Waals surface area contributed by atoms with Crippen molar-refractivity contribution in [2.24, 2.45) is 17.8 Å². The van der Waals surface area contributed by atoms with E-state index in [2.05, 4.69) is 26.2 Å². The smallest absolute Gasteiger partial charge is 0.321 e. The minimum Gasteiger partial charge on any atom is -0.480 e. The van der Waals surface area contributed by atoms with Crippen LogP contribution in [0.4, 0.5) is 4.39 Å². The molecular formula is C33H43FN4O3. The number of piperidine rings is 1. The van der Waals surface area contributed by atoms with E-state index in [0.717, 1.165) is 87.2 Å². The number of rotatable bonds is 10. The second kappa shape index (κ2) is 13.0. The van der Waals surface area contributed by atoms with Crippen molar-refractivity contribution in [3.63, 3.8) is 0 Å². The molecule has 0 spiro atoms. The van der Waals surface area contributed by atoms with E-state index in [1.165, 1.54) is 37.3 Å². The average Bonchev–Trinajstić information content (AvgIpc) is 3.62. The van der Waals surface area contributed by atoms with Gasteiger partial charge in [0.15, 0.2) is 0 Å². The normalized spacial score (nSPS) is 24.2. The summed E-state index contributed by atoms with van der Waals surface area (Å²) in [6, 6.07) is 12.6. The van der Waals surface area contributed by atoms with Crippen LogP contribution >= 0.6 is 0 Å². The molecule has 3 heterocycles. The van der Waals surface area contributed by atoms with Gasteiger partial charge in [-0.05, 0) is 109 Å². The van der Waals surface area contributed by atoms with Crippen LogP contribution in [0.5, 0.6) is 0 Å². The van der Waals surface area contributed by atoms with Crippen LogP contribution in [0.15, 0.2) is 47.1 Å². The van der Waals surface area contributed by atoms with E-state index in [1.54, 1.807) is 12.1 Å². The molecule has 1 N–H and O–H groups in total. The molecule has 2 aromatic carbocycles. The summed E-state index contributed by atoms with van der Waals surface area (Å²) in [5.41, 5.74) is 3.93. The molecule has 3 aromatic rings. The maximum absolute atomic E-state index is 14.3. The molecule has 2 aliphatic heterocycles. The van der Waals surface area contributed by atoms with Crippen LogP contribution in [0, 0.1) is 23.6 Å². The highest BCUT2D eigenvalue weighted by Gasteiger charge is 2.43. The Balaban J connectivity index is 1.06. The monoisotopic (exact) mass is 562 g/mol. The molecule has 3 aliphatic rings. The van der Waals surface area contributed by atoms with Gasteiger partial charge in [-0.2, -0.15) is 0 Å². The van der Waals surface area contributed by atoms with Gasteiger partial charge in [-0.3, -0.25) is 9.69 Å². The molecule has 0 radical (unpaired) electrons. The molecule has 3 fully saturated rings. The molecule has 7 nitrogen and oxygen atoms in total. The molecule has 6 rings (SSSR count). The summed E-state index contributed by atoms with van der Waals surface area (Å²) in [5.74, 6) is 0.503. The summed E-state index contributed by atoms with van der Waals surface area (Å²) < 4.78 is 19.2. The third-order valence-corrected chi connectivity index (χ3v) is 10.1. The van der Waals surface area contributed by atoms with Crippen LogP contribution in [-0.4, -0.2) is 70.0 Å². The van der Waals surface area contributed by atoms with Gasteiger partial charge >= 0.3 is 5.97 Å². The minimum atomic E-state index is -0.688. The summed E-state index contributed by atoms with van der Waals surface area (Å²) in [4.78, 5) is 17.3. The second-order valence-electron chi connectivity index (χ2n) is 12.7. The summed E-state index contributed by atoms with van der Waals surface area (Å²) >= 11 is 0. The number of carboxylic acids is 1. The molecule has 1 saturated carbocycles. The van der Waals surface area contributed by atoms with Crippen molar-refractivity contribution in [3.8, 4) is 0 Å². The van der Waals surface area contributed by atoms with E-state index in [9.17, 15) is 14.3 Å². The van der Waals surface area contributed by atoms with Crippen molar-refractivity contribution < 1.29 is 18.9 Å². The number of fused-ring (bicyclic) bond motifs is 1. The number of hydrogen-bond acceptors (Lipinski definition) is 6. The highest BCUT2D eigenvalue weighted by molar-refractivity contribution is 5.76. The Labute approximate surface area is 242 Å². The van der Waals surface area contributed by atoms with Gasteiger partial charge in [0.1, 0.15) is 22.9 Å². The van der Waals surface area contributed by atoms with Gasteiger partial charge < -0.3 is 10.0 Å². The lowest BCUT2D eigenvalue weighted by atomic mass is 9.83. The number of halogens is 1. The molecule has 2 saturated heterocycles. The van der Waals surface area contributed by atoms with Gasteiger partial charge in [-0.25, -0.2) is 9.02 Å². The SMILES string of the molecule is O=C(O)C(C1CCCCC1)N1CC(CN2CCC(CCCc3cccc4nonc34)CC2)C(c2cccc(F)c2)C1. The van der Waals surface area contributed by atoms with E-state index in [0.29, 0.717) is 12.5 Å². The molecule has 8 heteroatoms. The van der Waals surface area contributed by atoms with E-state index < -0.39 is 12.0 Å². The quantitative estimate of drug-likeness (QED) is 0.318. The standard InChI is InChI=1S/C33H43FN4O3/c34-28-13-5-12-26(19-28)29-22-38(32(33(39)40)25-8-2-1-3-9-25)21-27(29)20-37-17-15-23(16-18-37)7-4-10-24-11-6-14-30-31(24)36-41-35-30/h5-6,11-14,19,23,25,27,29,32H,1-4,7-10,15-18,20-22H2,(H,39,40). The highest BCUT2D eigenvalue weighted by atomic mass is 19.1. The van der Waals surface area contributed by atoms with Crippen molar-refractivity contribution >= 4 is 17.0 Å². The number of carboxylic acid groups (broad SMARTS) is 1. The summed E-state index contributed by atoms with van der Waals surface area (Å²) in [6.07, 6.45) is 11.2. The van der Waals surface area contributed by atoms with Crippen LogP contribution < -0.4 is 0 Å². The van der Waals surface area contributed by atoms with Crippen molar-refractivity contribution in [1.29, 1.82) is 0 Å². The van der Waals surface area contributed by atoms with Crippen molar-refractivity contribution in [2.75, 3.05) is 32.7 Å². The van der Waals surface area contributed by atoms with Crippen molar-refractivity contribution in [1.82, 2.24) is 20.1 Å². The van der Waals surface area contributed by atoms with Crippen LogP contribution in [0.3, 0.4) is 0 Å². The Kier molecular flexibility index (Phi) is 8.96. The predicted molar refractivity (Wildman–Crippen MR) is 156 cm³/mol. The van der Waals surface area contributed by atoms with Crippen LogP contribution in [0.1, 0.15) is 74.8 Å². The summed E-state index contributed by atoms with van der Waals surface area (Å²) in [5, 5.41) is 18.3. The number of aromatic nitrogens is 2. The number of benzene rings is 2. The largest absolute Gasteiger partial charge is 0.480 e. The number of likely N-dealkylation sites (tertiary alicyclic amines) is 2. The van der Waals surface area contributed by atoms with Crippen LogP contribution in [0.2, 0.25) is 0 Å². The molecular weight excluding hydrogens is 519 g/mol. The fraction of sp³-hybridized carbons (Fsp3) is 0.606. The Hall–Kier alpha value is -2.84. The molecule has 1 aliphatic carbocycles. The molecule has 41 heavy (non-hydrogen) atoms. The Morgan fingerprint density at radius 2 is 1.83 bits per heavy atom. The first-order chi connectivity index (χ1) is 20.0. The van der Waals surface area contributed by atoms with E-state index >= 15 is 0 Å². The third-order valence-electron chi connectivity index (χ3n) is 10.1. The molecule has 3 unspecified atom stereocenters. The number of aliphatic carboxylic acids is 1. The predicted octanol–water partition coefficient (Wildman–Crippen LogP) is 6.15. The summed E-state index contributed by atoms with van der Waals surface area (Å²) in [7, 11) is 0. The lowest BCUT2D eigenvalue weighted by Crippen LogP contribution is -2.46. The first kappa shape index (κ1) is 28.3. The number of carbonyl (C=O) groups is 1. The van der Waals surface area contributed by atoms with Crippen LogP contribution in [0.25, 0.3) is 11.0 Å². The number of hydrogen-bond donors (Lipinski definition) is 1. The van der Waals surface area contributed by atoms with Crippen molar-refractivity contribution in [2.45, 2.75) is 76.2 Å².